The minimum absolute atomic E-state index is 0.0656. The number of rotatable bonds is 6. The Bertz CT molecular complexity index is 1580. The van der Waals surface area contributed by atoms with Gasteiger partial charge in [-0.1, -0.05) is 39.8 Å². The standard InChI is InChI=1S/C26H20BrF3N4O2S2/c27-17-9-11-18(12-10-17)34-24(36)22-19-3-1-2-4-20(19)38-23(22)32-25(34)37-14-21(35)33-31-13-15-5-7-16(8-6-15)26(28,29)30/h5-13H,1-4,14H2,(H,33,35). The first-order chi connectivity index (χ1) is 18.2. The number of thiophene rings is 1. The van der Waals surface area contributed by atoms with E-state index in [1.54, 1.807) is 15.9 Å². The number of benzene rings is 2. The Hall–Kier alpha value is -2.96. The maximum Gasteiger partial charge on any atom is 0.416 e. The van der Waals surface area contributed by atoms with Crippen molar-refractivity contribution in [3.8, 4) is 5.69 Å². The second-order valence-corrected chi connectivity index (χ2v) is 11.5. The summed E-state index contributed by atoms with van der Waals surface area (Å²) in [4.78, 5) is 32.9. The highest BCUT2D eigenvalue weighted by atomic mass is 79.9. The van der Waals surface area contributed by atoms with Gasteiger partial charge in [0.1, 0.15) is 4.83 Å². The molecule has 1 aliphatic rings. The van der Waals surface area contributed by atoms with Gasteiger partial charge in [-0.25, -0.2) is 10.4 Å². The number of amides is 1. The van der Waals surface area contributed by atoms with Crippen LogP contribution < -0.4 is 11.0 Å². The van der Waals surface area contributed by atoms with E-state index in [1.807, 2.05) is 24.3 Å². The third-order valence-corrected chi connectivity index (χ3v) is 8.67. The zero-order chi connectivity index (χ0) is 26.9. The molecule has 1 N–H and O–H groups in total. The van der Waals surface area contributed by atoms with Gasteiger partial charge < -0.3 is 0 Å². The van der Waals surface area contributed by atoms with Crippen LogP contribution >= 0.6 is 39.0 Å². The van der Waals surface area contributed by atoms with Crippen LogP contribution in [0.1, 0.15) is 34.4 Å². The van der Waals surface area contributed by atoms with Crippen molar-refractivity contribution in [1.82, 2.24) is 15.0 Å². The number of nitrogens with one attached hydrogen (secondary N) is 1. The summed E-state index contributed by atoms with van der Waals surface area (Å²) in [6.45, 7) is 0. The minimum Gasteiger partial charge on any atom is -0.272 e. The number of hydrogen-bond acceptors (Lipinski definition) is 6. The van der Waals surface area contributed by atoms with Gasteiger partial charge >= 0.3 is 6.18 Å². The number of thioether (sulfide) groups is 1. The van der Waals surface area contributed by atoms with Gasteiger partial charge in [-0.3, -0.25) is 14.2 Å². The summed E-state index contributed by atoms with van der Waals surface area (Å²) in [7, 11) is 0. The molecule has 2 heterocycles. The molecule has 2 aromatic carbocycles. The smallest absolute Gasteiger partial charge is 0.272 e. The van der Waals surface area contributed by atoms with E-state index in [9.17, 15) is 22.8 Å². The van der Waals surface area contributed by atoms with Crippen LogP contribution in [-0.2, 0) is 23.8 Å². The average molecular weight is 622 g/mol. The molecule has 1 amide bonds. The summed E-state index contributed by atoms with van der Waals surface area (Å²) in [5, 5.41) is 4.89. The summed E-state index contributed by atoms with van der Waals surface area (Å²) >= 11 is 6.08. The van der Waals surface area contributed by atoms with E-state index in [0.29, 0.717) is 26.6 Å². The number of nitrogens with zero attached hydrogens (tertiary/aromatic N) is 3. The number of halogens is 4. The van der Waals surface area contributed by atoms with E-state index in [4.69, 9.17) is 4.98 Å². The topological polar surface area (TPSA) is 76.3 Å². The number of fused-ring (bicyclic) bond motifs is 3. The number of hydrogen-bond donors (Lipinski definition) is 1. The quantitative estimate of drug-likeness (QED) is 0.118. The van der Waals surface area contributed by atoms with Crippen molar-refractivity contribution < 1.29 is 18.0 Å². The van der Waals surface area contributed by atoms with E-state index < -0.39 is 17.6 Å². The number of carbonyl (C=O) groups excluding carboxylic acids is 1. The van der Waals surface area contributed by atoms with Crippen LogP contribution in [0.4, 0.5) is 13.2 Å². The molecule has 0 atom stereocenters. The Balaban J connectivity index is 1.36. The third-order valence-electron chi connectivity index (χ3n) is 6.02. The zero-order valence-electron chi connectivity index (χ0n) is 19.7. The van der Waals surface area contributed by atoms with E-state index in [0.717, 1.165) is 59.6 Å². The van der Waals surface area contributed by atoms with Gasteiger partial charge in [0.15, 0.2) is 5.16 Å². The predicted octanol–water partition coefficient (Wildman–Crippen LogP) is 6.35. The summed E-state index contributed by atoms with van der Waals surface area (Å²) in [6, 6.07) is 11.7. The molecule has 12 heteroatoms. The number of hydrazone groups is 1. The molecule has 2 aromatic heterocycles. The molecular weight excluding hydrogens is 601 g/mol. The van der Waals surface area contributed by atoms with Crippen LogP contribution in [0.2, 0.25) is 0 Å². The first-order valence-electron chi connectivity index (χ1n) is 11.7. The predicted molar refractivity (Wildman–Crippen MR) is 147 cm³/mol. The van der Waals surface area contributed by atoms with Gasteiger partial charge in [-0.05, 0) is 73.2 Å². The maximum atomic E-state index is 13.7. The van der Waals surface area contributed by atoms with Crippen molar-refractivity contribution in [2.45, 2.75) is 37.0 Å². The fraction of sp³-hybridized carbons (Fsp3) is 0.231. The molecule has 5 rings (SSSR count). The van der Waals surface area contributed by atoms with Gasteiger partial charge in [-0.15, -0.1) is 11.3 Å². The number of aromatic nitrogens is 2. The van der Waals surface area contributed by atoms with Crippen molar-refractivity contribution in [1.29, 1.82) is 0 Å². The molecule has 0 spiro atoms. The van der Waals surface area contributed by atoms with Gasteiger partial charge in [-0.2, -0.15) is 18.3 Å². The van der Waals surface area contributed by atoms with Crippen molar-refractivity contribution >= 4 is 61.4 Å². The fourth-order valence-electron chi connectivity index (χ4n) is 4.20. The van der Waals surface area contributed by atoms with Crippen LogP contribution in [0.25, 0.3) is 15.9 Å². The monoisotopic (exact) mass is 620 g/mol. The van der Waals surface area contributed by atoms with Gasteiger partial charge in [0.2, 0.25) is 0 Å². The number of aryl methyl sites for hydroxylation is 2. The fourth-order valence-corrected chi connectivity index (χ4v) is 6.57. The van der Waals surface area contributed by atoms with Crippen LogP contribution in [-0.4, -0.2) is 27.4 Å². The van der Waals surface area contributed by atoms with Gasteiger partial charge in [0, 0.05) is 9.35 Å². The average Bonchev–Trinajstić information content (AvgIpc) is 3.27. The molecule has 4 aromatic rings. The maximum absolute atomic E-state index is 13.7. The lowest BCUT2D eigenvalue weighted by Crippen LogP contribution is -2.24. The SMILES string of the molecule is O=C(CSc1nc2sc3c(c2c(=O)n1-c1ccc(Br)cc1)CCCC3)NN=Cc1ccc(C(F)(F)F)cc1. The highest BCUT2D eigenvalue weighted by Gasteiger charge is 2.29. The molecule has 196 valence electrons. The Morgan fingerprint density at radius 1 is 1.13 bits per heavy atom. The summed E-state index contributed by atoms with van der Waals surface area (Å²) < 4.78 is 40.5. The van der Waals surface area contributed by atoms with Crippen LogP contribution in [0.3, 0.4) is 0 Å². The Morgan fingerprint density at radius 2 is 1.84 bits per heavy atom. The number of carbonyl (C=O) groups is 1. The summed E-state index contributed by atoms with van der Waals surface area (Å²) in [5.74, 6) is -0.510. The highest BCUT2D eigenvalue weighted by molar-refractivity contribution is 9.10. The Labute approximate surface area is 232 Å². The van der Waals surface area contributed by atoms with Crippen molar-refractivity contribution in [2.24, 2.45) is 5.10 Å². The summed E-state index contributed by atoms with van der Waals surface area (Å²) in [6.07, 6.45) is 0.780. The molecule has 0 bridgehead atoms. The zero-order valence-corrected chi connectivity index (χ0v) is 22.9. The third kappa shape index (κ3) is 5.71. The largest absolute Gasteiger partial charge is 0.416 e. The van der Waals surface area contributed by atoms with E-state index in [-0.39, 0.29) is 11.3 Å². The molecule has 38 heavy (non-hydrogen) atoms. The highest BCUT2D eigenvalue weighted by Crippen LogP contribution is 2.35. The molecule has 0 saturated carbocycles. The lowest BCUT2D eigenvalue weighted by Gasteiger charge is -2.13. The van der Waals surface area contributed by atoms with E-state index >= 15 is 0 Å². The molecule has 0 saturated heterocycles. The lowest BCUT2D eigenvalue weighted by atomic mass is 9.97. The number of alkyl halides is 3. The summed E-state index contributed by atoms with van der Waals surface area (Å²) in [5.41, 5.74) is 3.60. The molecule has 0 unspecified atom stereocenters. The Morgan fingerprint density at radius 3 is 2.55 bits per heavy atom. The normalized spacial score (nSPS) is 13.7. The molecule has 0 radical (unpaired) electrons. The Kier molecular flexibility index (Phi) is 7.73. The van der Waals surface area contributed by atoms with Crippen molar-refractivity contribution in [2.75, 3.05) is 5.75 Å². The minimum atomic E-state index is -4.42. The molecule has 0 aliphatic heterocycles. The second-order valence-electron chi connectivity index (χ2n) is 8.60. The van der Waals surface area contributed by atoms with Crippen molar-refractivity contribution in [3.63, 3.8) is 0 Å². The molecule has 6 nitrogen and oxygen atoms in total. The first kappa shape index (κ1) is 26.6. The lowest BCUT2D eigenvalue weighted by molar-refractivity contribution is -0.137. The van der Waals surface area contributed by atoms with Gasteiger partial charge in [0.05, 0.1) is 28.6 Å². The van der Waals surface area contributed by atoms with E-state index in [2.05, 4.69) is 26.5 Å². The second kappa shape index (κ2) is 11.0. The van der Waals surface area contributed by atoms with Gasteiger partial charge in [0.25, 0.3) is 11.5 Å². The first-order valence-corrected chi connectivity index (χ1v) is 14.3. The molecule has 1 aliphatic carbocycles. The molecule has 0 fully saturated rings. The van der Waals surface area contributed by atoms with Crippen LogP contribution in [0, 0.1) is 0 Å². The van der Waals surface area contributed by atoms with Crippen LogP contribution in [0.5, 0.6) is 0 Å². The molecular formula is C26H20BrF3N4O2S2. The van der Waals surface area contributed by atoms with Crippen LogP contribution in [0.15, 0.2) is 68.1 Å². The van der Waals surface area contributed by atoms with Crippen molar-refractivity contribution in [3.05, 3.63) is 84.9 Å². The van der Waals surface area contributed by atoms with E-state index in [1.165, 1.54) is 23.2 Å².